The van der Waals surface area contributed by atoms with E-state index in [-0.39, 0.29) is 16.5 Å². The summed E-state index contributed by atoms with van der Waals surface area (Å²) in [6.45, 7) is 0. The van der Waals surface area contributed by atoms with Crippen molar-refractivity contribution in [2.24, 2.45) is 0 Å². The second-order valence-electron chi connectivity index (χ2n) is 3.56. The molecule has 2 aromatic carbocycles. The number of phenols is 1. The van der Waals surface area contributed by atoms with Crippen LogP contribution < -0.4 is 0 Å². The van der Waals surface area contributed by atoms with Gasteiger partial charge in [-0.15, -0.1) is 0 Å². The summed E-state index contributed by atoms with van der Waals surface area (Å²) in [6.07, 6.45) is 0. The molecular formula is C12H7BrClNO3S. The summed E-state index contributed by atoms with van der Waals surface area (Å²) < 4.78 is 0.823. The smallest absolute Gasteiger partial charge is 0.285 e. The molecule has 0 unspecified atom stereocenters. The van der Waals surface area contributed by atoms with Crippen LogP contribution in [-0.2, 0) is 0 Å². The molecule has 0 saturated carbocycles. The zero-order valence-corrected chi connectivity index (χ0v) is 12.5. The summed E-state index contributed by atoms with van der Waals surface area (Å²) in [6, 6.07) is 9.78. The molecule has 0 saturated heterocycles. The highest BCUT2D eigenvalue weighted by molar-refractivity contribution is 9.10. The van der Waals surface area contributed by atoms with E-state index >= 15 is 0 Å². The van der Waals surface area contributed by atoms with Crippen LogP contribution in [0.25, 0.3) is 0 Å². The Kier molecular flexibility index (Phi) is 4.34. The van der Waals surface area contributed by atoms with Crippen LogP contribution in [0, 0.1) is 10.1 Å². The maximum Gasteiger partial charge on any atom is 0.285 e. The van der Waals surface area contributed by atoms with Gasteiger partial charge in [-0.2, -0.15) is 0 Å². The summed E-state index contributed by atoms with van der Waals surface area (Å²) in [4.78, 5) is 11.6. The van der Waals surface area contributed by atoms with Gasteiger partial charge in [0, 0.05) is 21.5 Å². The van der Waals surface area contributed by atoms with Crippen LogP contribution in [0.1, 0.15) is 0 Å². The third-order valence-electron chi connectivity index (χ3n) is 2.28. The number of rotatable bonds is 3. The Bertz CT molecular complexity index is 651. The molecule has 0 aromatic heterocycles. The van der Waals surface area contributed by atoms with Gasteiger partial charge >= 0.3 is 0 Å². The van der Waals surface area contributed by atoms with Crippen LogP contribution in [0.5, 0.6) is 5.75 Å². The number of aromatic hydroxyl groups is 1. The molecule has 0 fully saturated rings. The fourth-order valence-electron chi connectivity index (χ4n) is 1.40. The number of hydrogen-bond acceptors (Lipinski definition) is 4. The van der Waals surface area contributed by atoms with Crippen LogP contribution in [0.4, 0.5) is 5.69 Å². The zero-order valence-electron chi connectivity index (χ0n) is 9.34. The molecule has 1 N–H and O–H groups in total. The molecule has 0 aliphatic heterocycles. The van der Waals surface area contributed by atoms with E-state index in [2.05, 4.69) is 15.9 Å². The summed E-state index contributed by atoms with van der Waals surface area (Å²) >= 11 is 10.2. The Hall–Kier alpha value is -1.24. The lowest BCUT2D eigenvalue weighted by molar-refractivity contribution is -0.387. The van der Waals surface area contributed by atoms with Gasteiger partial charge in [0.2, 0.25) is 0 Å². The van der Waals surface area contributed by atoms with Crippen molar-refractivity contribution < 1.29 is 10.0 Å². The summed E-state index contributed by atoms with van der Waals surface area (Å²) in [5.41, 5.74) is -0.136. The Morgan fingerprint density at radius 2 is 1.95 bits per heavy atom. The highest BCUT2D eigenvalue weighted by Gasteiger charge is 2.19. The summed E-state index contributed by atoms with van der Waals surface area (Å²) in [5, 5.41) is 20.5. The van der Waals surface area contributed by atoms with Gasteiger partial charge < -0.3 is 5.11 Å². The van der Waals surface area contributed by atoms with E-state index in [1.807, 2.05) is 24.3 Å². The molecule has 0 amide bonds. The first-order valence-electron chi connectivity index (χ1n) is 5.08. The second-order valence-corrected chi connectivity index (χ2v) is 5.91. The van der Waals surface area contributed by atoms with Gasteiger partial charge in [-0.25, -0.2) is 0 Å². The average molecular weight is 361 g/mol. The Labute approximate surface area is 126 Å². The van der Waals surface area contributed by atoms with E-state index in [0.29, 0.717) is 4.90 Å². The van der Waals surface area contributed by atoms with Crippen molar-refractivity contribution in [3.05, 3.63) is 56.0 Å². The van der Waals surface area contributed by atoms with Crippen molar-refractivity contribution in [3.63, 3.8) is 0 Å². The number of nitro groups is 1. The lowest BCUT2D eigenvalue weighted by Crippen LogP contribution is -1.91. The Balaban J connectivity index is 2.48. The molecule has 0 atom stereocenters. The van der Waals surface area contributed by atoms with Gasteiger partial charge in [0.15, 0.2) is 0 Å². The standard InChI is InChI=1S/C12H7BrClNO3S/c13-7-3-1-2-4-11(7)19-12-6-10(16)8(14)5-9(12)15(17)18/h1-6,16H. The monoisotopic (exact) mass is 359 g/mol. The fourth-order valence-corrected chi connectivity index (χ4v) is 3.05. The molecule has 2 aromatic rings. The van der Waals surface area contributed by atoms with E-state index in [4.69, 9.17) is 11.6 Å². The number of hydrogen-bond donors (Lipinski definition) is 1. The van der Waals surface area contributed by atoms with Crippen LogP contribution in [0.15, 0.2) is 50.7 Å². The lowest BCUT2D eigenvalue weighted by atomic mass is 10.3. The number of halogens is 2. The largest absolute Gasteiger partial charge is 0.506 e. The van der Waals surface area contributed by atoms with Crippen LogP contribution >= 0.6 is 39.3 Å². The van der Waals surface area contributed by atoms with Gasteiger partial charge in [-0.1, -0.05) is 35.5 Å². The number of benzene rings is 2. The number of phenolic OH excluding ortho intramolecular Hbond substituents is 1. The minimum absolute atomic E-state index is 0.0387. The second kappa shape index (κ2) is 5.81. The summed E-state index contributed by atoms with van der Waals surface area (Å²) in [5.74, 6) is -0.179. The maximum atomic E-state index is 11.0. The van der Waals surface area contributed by atoms with Crippen LogP contribution in [0.2, 0.25) is 5.02 Å². The molecule has 2 rings (SSSR count). The van der Waals surface area contributed by atoms with Gasteiger partial charge in [0.1, 0.15) is 5.75 Å². The minimum atomic E-state index is -0.523. The summed E-state index contributed by atoms with van der Waals surface area (Å²) in [7, 11) is 0. The first-order valence-corrected chi connectivity index (χ1v) is 7.07. The molecule has 0 radical (unpaired) electrons. The van der Waals surface area contributed by atoms with Crippen molar-refractivity contribution in [3.8, 4) is 5.75 Å². The van der Waals surface area contributed by atoms with Gasteiger partial charge in [-0.05, 0) is 28.1 Å². The Morgan fingerprint density at radius 3 is 2.58 bits per heavy atom. The first-order chi connectivity index (χ1) is 8.99. The molecule has 0 bridgehead atoms. The van der Waals surface area contributed by atoms with Crippen molar-refractivity contribution in [1.29, 1.82) is 0 Å². The molecular weight excluding hydrogens is 354 g/mol. The number of nitrogens with zero attached hydrogens (tertiary/aromatic N) is 1. The van der Waals surface area contributed by atoms with Gasteiger partial charge in [-0.3, -0.25) is 10.1 Å². The van der Waals surface area contributed by atoms with Crippen molar-refractivity contribution in [1.82, 2.24) is 0 Å². The highest BCUT2D eigenvalue weighted by atomic mass is 79.9. The average Bonchev–Trinajstić information content (AvgIpc) is 2.36. The molecule has 0 heterocycles. The fraction of sp³-hybridized carbons (Fsp3) is 0. The first kappa shape index (κ1) is 14.2. The van der Waals surface area contributed by atoms with Crippen molar-refractivity contribution in [2.45, 2.75) is 9.79 Å². The molecule has 0 aliphatic carbocycles. The minimum Gasteiger partial charge on any atom is -0.506 e. The van der Waals surface area contributed by atoms with Crippen molar-refractivity contribution >= 4 is 45.0 Å². The SMILES string of the molecule is O=[N+]([O-])c1cc(Cl)c(O)cc1Sc1ccccc1Br. The predicted molar refractivity (Wildman–Crippen MR) is 78.0 cm³/mol. The van der Waals surface area contributed by atoms with E-state index < -0.39 is 4.92 Å². The normalized spacial score (nSPS) is 10.4. The molecule has 0 aliphatic rings. The molecule has 7 heteroatoms. The lowest BCUT2D eigenvalue weighted by Gasteiger charge is -2.06. The molecule has 0 spiro atoms. The molecule has 4 nitrogen and oxygen atoms in total. The third-order valence-corrected chi connectivity index (χ3v) is 4.66. The van der Waals surface area contributed by atoms with E-state index in [0.717, 1.165) is 15.4 Å². The topological polar surface area (TPSA) is 63.4 Å². The van der Waals surface area contributed by atoms with Gasteiger partial charge in [0.05, 0.1) is 14.8 Å². The predicted octanol–water partition coefficient (Wildman–Crippen LogP) is 4.87. The Morgan fingerprint density at radius 1 is 1.26 bits per heavy atom. The van der Waals surface area contributed by atoms with Crippen molar-refractivity contribution in [2.75, 3.05) is 0 Å². The van der Waals surface area contributed by atoms with E-state index in [9.17, 15) is 15.2 Å². The zero-order chi connectivity index (χ0) is 14.0. The van der Waals surface area contributed by atoms with E-state index in [1.165, 1.54) is 17.8 Å². The van der Waals surface area contributed by atoms with Crippen LogP contribution in [0.3, 0.4) is 0 Å². The molecule has 19 heavy (non-hydrogen) atoms. The molecule has 98 valence electrons. The quantitative estimate of drug-likeness (QED) is 0.626. The van der Waals surface area contributed by atoms with E-state index in [1.54, 1.807) is 0 Å². The van der Waals surface area contributed by atoms with Crippen LogP contribution in [-0.4, -0.2) is 10.0 Å². The maximum absolute atomic E-state index is 11.0. The highest BCUT2D eigenvalue weighted by Crippen LogP contribution is 2.42. The van der Waals surface area contributed by atoms with Gasteiger partial charge in [0.25, 0.3) is 5.69 Å². The third kappa shape index (κ3) is 3.20. The number of nitro benzene ring substituents is 1.